The molecule has 1 aliphatic heterocycles. The molecule has 2 aromatic carbocycles. The number of carboxylic acid groups (broad SMARTS) is 1. The first-order chi connectivity index (χ1) is 25.5. The normalized spacial score (nSPS) is 28.8. The van der Waals surface area contributed by atoms with Gasteiger partial charge in [-0.3, -0.25) is 4.98 Å². The maximum Gasteiger partial charge on any atom is 0.329 e. The van der Waals surface area contributed by atoms with Crippen molar-refractivity contribution in [3.63, 3.8) is 0 Å². The van der Waals surface area contributed by atoms with Gasteiger partial charge in [0.15, 0.2) is 11.5 Å². The van der Waals surface area contributed by atoms with Crippen molar-refractivity contribution in [1.29, 1.82) is 0 Å². The van der Waals surface area contributed by atoms with Crippen LogP contribution in [0.15, 0.2) is 48.7 Å². The number of nitrogens with one attached hydrogen (secondary N) is 1. The van der Waals surface area contributed by atoms with E-state index in [1.54, 1.807) is 0 Å². The van der Waals surface area contributed by atoms with Crippen LogP contribution in [0, 0.1) is 17.8 Å². The second kappa shape index (κ2) is 14.3. The number of ether oxygens (including phenoxy) is 3. The molecule has 0 bridgehead atoms. The van der Waals surface area contributed by atoms with Crippen LogP contribution in [0.5, 0.6) is 17.2 Å². The molecule has 1 aromatic heterocycles. The van der Waals surface area contributed by atoms with Crippen LogP contribution in [0.1, 0.15) is 107 Å². The first-order valence-electron chi connectivity index (χ1n) is 20.0. The predicted molar refractivity (Wildman–Crippen MR) is 209 cm³/mol. The summed E-state index contributed by atoms with van der Waals surface area (Å²) in [5, 5.41) is 14.7. The number of anilines is 1. The Bertz CT molecular complexity index is 1840. The minimum absolute atomic E-state index is 0.173. The summed E-state index contributed by atoms with van der Waals surface area (Å²) in [6, 6.07) is 13.9. The van der Waals surface area contributed by atoms with E-state index in [9.17, 15) is 9.90 Å². The van der Waals surface area contributed by atoms with Gasteiger partial charge < -0.3 is 29.5 Å². The SMILES string of the molecule is C[C@@H](COc1ccnc2c1[C@H](C)CCC2)CC1Cc2cc3c(cc2C12CCC(Nc1cccc(Cl)c1)(C(=O)O)CC2)OCC(CN(C)C1(C)CC1)CO3. The van der Waals surface area contributed by atoms with Crippen LogP contribution in [-0.4, -0.2) is 65.5 Å². The first-order valence-corrected chi connectivity index (χ1v) is 20.4. The smallest absolute Gasteiger partial charge is 0.329 e. The molecule has 2 saturated carbocycles. The minimum atomic E-state index is -1.07. The van der Waals surface area contributed by atoms with Gasteiger partial charge in [0.2, 0.25) is 0 Å². The van der Waals surface area contributed by atoms with Crippen molar-refractivity contribution >= 4 is 23.3 Å². The van der Waals surface area contributed by atoms with Crippen molar-refractivity contribution in [2.24, 2.45) is 17.8 Å². The molecule has 2 fully saturated rings. The Morgan fingerprint density at radius 1 is 1.09 bits per heavy atom. The van der Waals surface area contributed by atoms with Gasteiger partial charge in [0.05, 0.1) is 19.8 Å². The van der Waals surface area contributed by atoms with E-state index >= 15 is 0 Å². The molecule has 0 amide bonds. The van der Waals surface area contributed by atoms with Crippen molar-refractivity contribution in [2.75, 3.05) is 38.7 Å². The molecule has 0 saturated heterocycles. The highest BCUT2D eigenvalue weighted by Crippen LogP contribution is 2.58. The summed E-state index contributed by atoms with van der Waals surface area (Å²) in [4.78, 5) is 20.2. The lowest BCUT2D eigenvalue weighted by Gasteiger charge is -2.47. The molecule has 53 heavy (non-hydrogen) atoms. The Hall–Kier alpha value is -3.49. The van der Waals surface area contributed by atoms with Gasteiger partial charge in [-0.25, -0.2) is 4.79 Å². The average Bonchev–Trinajstić information content (AvgIpc) is 3.88. The van der Waals surface area contributed by atoms with Crippen LogP contribution >= 0.6 is 11.6 Å². The van der Waals surface area contributed by atoms with E-state index in [1.807, 2.05) is 36.5 Å². The minimum Gasteiger partial charge on any atom is -0.493 e. The van der Waals surface area contributed by atoms with Gasteiger partial charge in [-0.05, 0) is 155 Å². The molecule has 9 heteroatoms. The van der Waals surface area contributed by atoms with Crippen molar-refractivity contribution < 1.29 is 24.1 Å². The molecule has 2 N–H and O–H groups in total. The van der Waals surface area contributed by atoms with Crippen molar-refractivity contribution in [1.82, 2.24) is 9.88 Å². The van der Waals surface area contributed by atoms with Crippen LogP contribution in [-0.2, 0) is 23.1 Å². The van der Waals surface area contributed by atoms with Crippen LogP contribution in [0.3, 0.4) is 0 Å². The Balaban J connectivity index is 1.04. The maximum absolute atomic E-state index is 13.1. The van der Waals surface area contributed by atoms with Crippen LogP contribution in [0.25, 0.3) is 0 Å². The Morgan fingerprint density at radius 2 is 1.85 bits per heavy atom. The number of fused-ring (bicyclic) bond motifs is 4. The number of aliphatic carboxylic acids is 1. The van der Waals surface area contributed by atoms with E-state index in [2.05, 4.69) is 55.2 Å². The third-order valence-electron chi connectivity index (χ3n) is 13.7. The lowest BCUT2D eigenvalue weighted by Crippen LogP contribution is -2.53. The summed E-state index contributed by atoms with van der Waals surface area (Å²) in [5.74, 6) is 3.24. The molecule has 0 radical (unpaired) electrons. The zero-order chi connectivity index (χ0) is 37.0. The number of hydrogen-bond acceptors (Lipinski definition) is 7. The van der Waals surface area contributed by atoms with E-state index in [0.29, 0.717) is 66.9 Å². The fourth-order valence-electron chi connectivity index (χ4n) is 10.1. The number of aryl methyl sites for hydroxylation is 1. The topological polar surface area (TPSA) is 93.2 Å². The van der Waals surface area contributed by atoms with Gasteiger partial charge in [0.25, 0.3) is 0 Å². The average molecular weight is 742 g/mol. The van der Waals surface area contributed by atoms with Crippen molar-refractivity contribution in [3.05, 3.63) is 76.1 Å². The Labute approximate surface area is 319 Å². The van der Waals surface area contributed by atoms with Crippen molar-refractivity contribution in [2.45, 2.75) is 114 Å². The lowest BCUT2D eigenvalue weighted by atomic mass is 9.59. The third kappa shape index (κ3) is 7.11. The summed E-state index contributed by atoms with van der Waals surface area (Å²) in [5.41, 5.74) is 4.92. The Kier molecular flexibility index (Phi) is 9.84. The van der Waals surface area contributed by atoms with E-state index in [-0.39, 0.29) is 5.41 Å². The summed E-state index contributed by atoms with van der Waals surface area (Å²) >= 11 is 6.32. The third-order valence-corrected chi connectivity index (χ3v) is 14.0. The van der Waals surface area contributed by atoms with Gasteiger partial charge in [-0.15, -0.1) is 0 Å². The zero-order valence-electron chi connectivity index (χ0n) is 31.9. The summed E-state index contributed by atoms with van der Waals surface area (Å²) < 4.78 is 19.7. The van der Waals surface area contributed by atoms with Gasteiger partial charge in [-0.1, -0.05) is 31.5 Å². The highest BCUT2D eigenvalue weighted by Gasteiger charge is 2.54. The highest BCUT2D eigenvalue weighted by atomic mass is 35.5. The van der Waals surface area contributed by atoms with Crippen LogP contribution < -0.4 is 19.5 Å². The Morgan fingerprint density at radius 3 is 2.57 bits per heavy atom. The number of rotatable bonds is 11. The largest absolute Gasteiger partial charge is 0.493 e. The van der Waals surface area contributed by atoms with Crippen molar-refractivity contribution in [3.8, 4) is 17.2 Å². The molecule has 3 aromatic rings. The van der Waals surface area contributed by atoms with E-state index < -0.39 is 11.5 Å². The number of benzene rings is 2. The second-order valence-corrected chi connectivity index (χ2v) is 18.0. The molecule has 4 atom stereocenters. The summed E-state index contributed by atoms with van der Waals surface area (Å²) in [7, 11) is 2.22. The summed E-state index contributed by atoms with van der Waals surface area (Å²) in [6.07, 6.45) is 12.2. The molecule has 4 aliphatic carbocycles. The van der Waals surface area contributed by atoms with Gasteiger partial charge >= 0.3 is 5.97 Å². The molecule has 284 valence electrons. The fourth-order valence-corrected chi connectivity index (χ4v) is 10.3. The zero-order valence-corrected chi connectivity index (χ0v) is 32.6. The van der Waals surface area contributed by atoms with E-state index in [0.717, 1.165) is 61.6 Å². The molecule has 2 unspecified atom stereocenters. The molecule has 8 rings (SSSR count). The number of aromatic nitrogens is 1. The maximum atomic E-state index is 13.1. The molecular formula is C44H56ClN3O5. The number of halogens is 1. The van der Waals surface area contributed by atoms with Gasteiger partial charge in [0.1, 0.15) is 11.3 Å². The van der Waals surface area contributed by atoms with E-state index in [4.69, 9.17) is 25.8 Å². The molecular weight excluding hydrogens is 686 g/mol. The standard InChI is InChI=1S/C44H56ClN3O5/c1-28(25-51-37-11-18-46-36-10-5-7-29(2)40(36)37)19-32-20-31-21-38-39(53-27-30(26-52-38)24-48(4)42(3)12-13-42)23-35(31)43(32)14-16-44(17-15-43,41(49)50)47-34-9-6-8-33(45)22-34/h6,8-9,11,18,21-23,28-30,32,47H,5,7,10,12-17,19-20,24-27H2,1-4H3,(H,49,50)/t28-,29-,30?,32?,43?,44?/m1/s1. The monoisotopic (exact) mass is 741 g/mol. The quantitative estimate of drug-likeness (QED) is 0.201. The lowest BCUT2D eigenvalue weighted by molar-refractivity contribution is -0.144. The van der Waals surface area contributed by atoms with Gasteiger partial charge in [-0.2, -0.15) is 0 Å². The first kappa shape index (κ1) is 36.5. The highest BCUT2D eigenvalue weighted by molar-refractivity contribution is 6.30. The number of nitrogens with zero attached hydrogens (tertiary/aromatic N) is 2. The number of carbonyl (C=O) groups is 1. The second-order valence-electron chi connectivity index (χ2n) is 17.5. The van der Waals surface area contributed by atoms with E-state index in [1.165, 1.54) is 48.1 Å². The fraction of sp³-hybridized carbons (Fsp3) is 0.591. The van der Waals surface area contributed by atoms with Gasteiger partial charge in [0, 0.05) is 46.2 Å². The number of hydrogen-bond donors (Lipinski definition) is 2. The number of pyridine rings is 1. The number of carboxylic acids is 1. The predicted octanol–water partition coefficient (Wildman–Crippen LogP) is 9.07. The molecule has 8 nitrogen and oxygen atoms in total. The van der Waals surface area contributed by atoms with Crippen LogP contribution in [0.2, 0.25) is 5.02 Å². The molecule has 5 aliphatic rings. The molecule has 1 spiro atoms. The van der Waals surface area contributed by atoms with Crippen LogP contribution in [0.4, 0.5) is 5.69 Å². The summed E-state index contributed by atoms with van der Waals surface area (Å²) in [6.45, 7) is 9.79. The molecule has 2 heterocycles.